The van der Waals surface area contributed by atoms with Crippen LogP contribution in [0.15, 0.2) is 48.5 Å². The number of hydrogen-bond donors (Lipinski definition) is 2. The number of carbonyl (C=O) groups excluding carboxylic acids is 1. The number of rotatable bonds is 5. The van der Waals surface area contributed by atoms with E-state index in [2.05, 4.69) is 5.32 Å². The molecule has 0 aliphatic carbocycles. The van der Waals surface area contributed by atoms with Gasteiger partial charge in [-0.1, -0.05) is 6.07 Å². The predicted molar refractivity (Wildman–Crippen MR) is 85.7 cm³/mol. The summed E-state index contributed by atoms with van der Waals surface area (Å²) in [5.41, 5.74) is 8.01. The molecule has 0 radical (unpaired) electrons. The van der Waals surface area contributed by atoms with Gasteiger partial charge in [0.05, 0.1) is 0 Å². The molecule has 0 aliphatic heterocycles. The van der Waals surface area contributed by atoms with Crippen molar-refractivity contribution in [1.29, 1.82) is 0 Å². The first-order valence-electron chi connectivity index (χ1n) is 6.60. The molecular formula is C16H19N3O2. The number of ether oxygens (including phenoxy) is 1. The van der Waals surface area contributed by atoms with E-state index >= 15 is 0 Å². The molecule has 0 heterocycles. The number of benzene rings is 2. The van der Waals surface area contributed by atoms with Crippen molar-refractivity contribution in [1.82, 2.24) is 0 Å². The molecule has 21 heavy (non-hydrogen) atoms. The summed E-state index contributed by atoms with van der Waals surface area (Å²) in [5.74, 6) is 0.407. The highest BCUT2D eigenvalue weighted by Gasteiger charge is 2.05. The molecule has 2 rings (SSSR count). The maximum Gasteiger partial charge on any atom is 0.262 e. The highest BCUT2D eigenvalue weighted by atomic mass is 16.5. The zero-order chi connectivity index (χ0) is 15.2. The van der Waals surface area contributed by atoms with E-state index in [-0.39, 0.29) is 12.5 Å². The van der Waals surface area contributed by atoms with Gasteiger partial charge in [0.1, 0.15) is 5.75 Å². The standard InChI is InChI=1S/C16H19N3O2/c1-19(2)14-5-3-4-13(10-14)18-16(20)11-21-15-8-6-12(17)7-9-15/h3-10H,11,17H2,1-2H3,(H,18,20). The highest BCUT2D eigenvalue weighted by molar-refractivity contribution is 5.92. The Morgan fingerprint density at radius 1 is 1.19 bits per heavy atom. The van der Waals surface area contributed by atoms with E-state index in [0.717, 1.165) is 11.4 Å². The van der Waals surface area contributed by atoms with Crippen LogP contribution in [0.4, 0.5) is 17.1 Å². The molecule has 2 aromatic carbocycles. The van der Waals surface area contributed by atoms with Gasteiger partial charge in [-0.3, -0.25) is 4.79 Å². The Labute approximate surface area is 124 Å². The molecule has 0 bridgehead atoms. The summed E-state index contributed by atoms with van der Waals surface area (Å²) in [6, 6.07) is 14.5. The highest BCUT2D eigenvalue weighted by Crippen LogP contribution is 2.17. The molecule has 5 nitrogen and oxygen atoms in total. The van der Waals surface area contributed by atoms with Crippen molar-refractivity contribution in [3.8, 4) is 5.75 Å². The minimum atomic E-state index is -0.206. The maximum absolute atomic E-state index is 11.9. The zero-order valence-electron chi connectivity index (χ0n) is 12.2. The Bertz CT molecular complexity index is 609. The molecule has 2 aromatic rings. The number of anilines is 3. The molecule has 0 fully saturated rings. The average molecular weight is 285 g/mol. The van der Waals surface area contributed by atoms with E-state index < -0.39 is 0 Å². The minimum Gasteiger partial charge on any atom is -0.484 e. The second-order valence-corrected chi connectivity index (χ2v) is 4.85. The van der Waals surface area contributed by atoms with Crippen molar-refractivity contribution in [3.05, 3.63) is 48.5 Å². The number of nitrogen functional groups attached to an aromatic ring is 1. The number of nitrogens with one attached hydrogen (secondary N) is 1. The van der Waals surface area contributed by atoms with Crippen molar-refractivity contribution in [2.75, 3.05) is 36.7 Å². The molecule has 5 heteroatoms. The maximum atomic E-state index is 11.9. The van der Waals surface area contributed by atoms with Gasteiger partial charge in [0.15, 0.2) is 6.61 Å². The summed E-state index contributed by atoms with van der Waals surface area (Å²) in [4.78, 5) is 13.8. The van der Waals surface area contributed by atoms with Crippen LogP contribution in [0.25, 0.3) is 0 Å². The van der Waals surface area contributed by atoms with Gasteiger partial charge in [-0.05, 0) is 42.5 Å². The third-order valence-electron chi connectivity index (χ3n) is 2.90. The summed E-state index contributed by atoms with van der Waals surface area (Å²) in [5, 5.41) is 2.80. The van der Waals surface area contributed by atoms with Crippen LogP contribution in [0.1, 0.15) is 0 Å². The first-order valence-corrected chi connectivity index (χ1v) is 6.60. The largest absolute Gasteiger partial charge is 0.484 e. The lowest BCUT2D eigenvalue weighted by Crippen LogP contribution is -2.20. The van der Waals surface area contributed by atoms with Crippen LogP contribution >= 0.6 is 0 Å². The summed E-state index contributed by atoms with van der Waals surface area (Å²) < 4.78 is 5.39. The minimum absolute atomic E-state index is 0.0455. The molecule has 1 amide bonds. The zero-order valence-corrected chi connectivity index (χ0v) is 12.2. The van der Waals surface area contributed by atoms with Gasteiger partial charge in [0.25, 0.3) is 5.91 Å². The van der Waals surface area contributed by atoms with Gasteiger partial charge < -0.3 is 20.7 Å². The Morgan fingerprint density at radius 3 is 2.57 bits per heavy atom. The van der Waals surface area contributed by atoms with Crippen LogP contribution < -0.4 is 20.7 Å². The quantitative estimate of drug-likeness (QED) is 0.828. The Hall–Kier alpha value is -2.69. The van der Waals surface area contributed by atoms with Crippen LogP contribution in [-0.2, 0) is 4.79 Å². The summed E-state index contributed by atoms with van der Waals surface area (Å²) in [6.45, 7) is -0.0455. The molecule has 0 saturated carbocycles. The lowest BCUT2D eigenvalue weighted by molar-refractivity contribution is -0.118. The number of nitrogens with zero attached hydrogens (tertiary/aromatic N) is 1. The van der Waals surface area contributed by atoms with E-state index in [4.69, 9.17) is 10.5 Å². The smallest absolute Gasteiger partial charge is 0.262 e. The lowest BCUT2D eigenvalue weighted by atomic mass is 10.2. The van der Waals surface area contributed by atoms with Gasteiger partial charge in [-0.25, -0.2) is 0 Å². The summed E-state index contributed by atoms with van der Waals surface area (Å²) in [7, 11) is 3.90. The molecule has 0 atom stereocenters. The van der Waals surface area contributed by atoms with Gasteiger partial charge in [0, 0.05) is 31.2 Å². The Balaban J connectivity index is 1.89. The van der Waals surface area contributed by atoms with Crippen LogP contribution in [0.5, 0.6) is 5.75 Å². The third kappa shape index (κ3) is 4.42. The molecule has 0 unspecified atom stereocenters. The Morgan fingerprint density at radius 2 is 1.90 bits per heavy atom. The van der Waals surface area contributed by atoms with E-state index in [0.29, 0.717) is 11.4 Å². The first-order chi connectivity index (χ1) is 10.0. The summed E-state index contributed by atoms with van der Waals surface area (Å²) in [6.07, 6.45) is 0. The van der Waals surface area contributed by atoms with Crippen LogP contribution in [0.2, 0.25) is 0 Å². The SMILES string of the molecule is CN(C)c1cccc(NC(=O)COc2ccc(N)cc2)c1. The van der Waals surface area contributed by atoms with E-state index in [9.17, 15) is 4.79 Å². The van der Waals surface area contributed by atoms with Gasteiger partial charge in [-0.15, -0.1) is 0 Å². The van der Waals surface area contributed by atoms with Gasteiger partial charge in [0.2, 0.25) is 0 Å². The fourth-order valence-electron chi connectivity index (χ4n) is 1.77. The lowest BCUT2D eigenvalue weighted by Gasteiger charge is -2.14. The van der Waals surface area contributed by atoms with Crippen molar-refractivity contribution in [2.24, 2.45) is 0 Å². The molecule has 0 spiro atoms. The van der Waals surface area contributed by atoms with E-state index in [1.807, 2.05) is 43.3 Å². The number of hydrogen-bond acceptors (Lipinski definition) is 4. The molecule has 0 aromatic heterocycles. The normalized spacial score (nSPS) is 10.0. The first kappa shape index (κ1) is 14.7. The molecule has 3 N–H and O–H groups in total. The monoisotopic (exact) mass is 285 g/mol. The van der Waals surface area contributed by atoms with Crippen molar-refractivity contribution in [3.63, 3.8) is 0 Å². The summed E-state index contributed by atoms with van der Waals surface area (Å²) >= 11 is 0. The topological polar surface area (TPSA) is 67.6 Å². The Kier molecular flexibility index (Phi) is 4.66. The third-order valence-corrected chi connectivity index (χ3v) is 2.90. The second kappa shape index (κ2) is 6.65. The molecule has 110 valence electrons. The van der Waals surface area contributed by atoms with Gasteiger partial charge in [-0.2, -0.15) is 0 Å². The fraction of sp³-hybridized carbons (Fsp3) is 0.188. The number of amides is 1. The number of nitrogens with two attached hydrogens (primary N) is 1. The fourth-order valence-corrected chi connectivity index (χ4v) is 1.77. The van der Waals surface area contributed by atoms with Crippen molar-refractivity contribution >= 4 is 23.0 Å². The van der Waals surface area contributed by atoms with Crippen LogP contribution in [0, 0.1) is 0 Å². The van der Waals surface area contributed by atoms with Gasteiger partial charge >= 0.3 is 0 Å². The second-order valence-electron chi connectivity index (χ2n) is 4.85. The van der Waals surface area contributed by atoms with Crippen molar-refractivity contribution < 1.29 is 9.53 Å². The van der Waals surface area contributed by atoms with Crippen LogP contribution in [-0.4, -0.2) is 26.6 Å². The van der Waals surface area contributed by atoms with E-state index in [1.165, 1.54) is 0 Å². The predicted octanol–water partition coefficient (Wildman–Crippen LogP) is 2.35. The number of carbonyl (C=O) groups is 1. The molecule has 0 aliphatic rings. The molecule has 0 saturated heterocycles. The van der Waals surface area contributed by atoms with Crippen molar-refractivity contribution in [2.45, 2.75) is 0 Å². The average Bonchev–Trinajstić information content (AvgIpc) is 2.47. The molecular weight excluding hydrogens is 266 g/mol. The van der Waals surface area contributed by atoms with E-state index in [1.54, 1.807) is 24.3 Å². The van der Waals surface area contributed by atoms with Crippen LogP contribution in [0.3, 0.4) is 0 Å².